The Labute approximate surface area is 111 Å². The first-order chi connectivity index (χ1) is 9.00. The van der Waals surface area contributed by atoms with E-state index in [0.29, 0.717) is 0 Å². The Kier molecular flexibility index (Phi) is 3.42. The summed E-state index contributed by atoms with van der Waals surface area (Å²) in [4.78, 5) is 13.8. The van der Waals surface area contributed by atoms with Gasteiger partial charge in [0.05, 0.1) is 5.56 Å². The summed E-state index contributed by atoms with van der Waals surface area (Å²) in [7, 11) is 1.63. The quantitative estimate of drug-likeness (QED) is 0.813. The highest BCUT2D eigenvalue weighted by atomic mass is 16.3. The third-order valence-corrected chi connectivity index (χ3v) is 2.99. The summed E-state index contributed by atoms with van der Waals surface area (Å²) in [5.41, 5.74) is 1.79. The second-order valence-electron chi connectivity index (χ2n) is 4.35. The summed E-state index contributed by atoms with van der Waals surface area (Å²) in [5.74, 6) is -0.578. The first kappa shape index (κ1) is 13.0. The lowest BCUT2D eigenvalue weighted by atomic mass is 10.1. The smallest absolute Gasteiger partial charge is 0.261 e. The van der Waals surface area contributed by atoms with Gasteiger partial charge in [0.1, 0.15) is 11.5 Å². The monoisotopic (exact) mass is 257 g/mol. The lowest BCUT2D eigenvalue weighted by Crippen LogP contribution is -2.26. The number of aromatic hydroxyl groups is 2. The SMILES string of the molecule is Cc1ccccc1N(C)C(=O)c1cc(O)ccc1O. The van der Waals surface area contributed by atoms with Gasteiger partial charge in [0.15, 0.2) is 0 Å². The summed E-state index contributed by atoms with van der Waals surface area (Å²) >= 11 is 0. The minimum absolute atomic E-state index is 0.0562. The van der Waals surface area contributed by atoms with Gasteiger partial charge in [-0.05, 0) is 36.8 Å². The van der Waals surface area contributed by atoms with E-state index in [1.54, 1.807) is 7.05 Å². The molecule has 0 radical (unpaired) electrons. The number of rotatable bonds is 2. The number of nitrogens with zero attached hydrogens (tertiary/aromatic N) is 1. The number of hydrogen-bond donors (Lipinski definition) is 2. The number of carbonyl (C=O) groups excluding carboxylic acids is 1. The van der Waals surface area contributed by atoms with Crippen molar-refractivity contribution in [3.05, 3.63) is 53.6 Å². The van der Waals surface area contributed by atoms with Gasteiger partial charge in [-0.3, -0.25) is 4.79 Å². The molecule has 4 heteroatoms. The summed E-state index contributed by atoms with van der Waals surface area (Å²) in [6, 6.07) is 11.4. The fourth-order valence-corrected chi connectivity index (χ4v) is 1.93. The highest BCUT2D eigenvalue weighted by Crippen LogP contribution is 2.26. The molecule has 0 unspecified atom stereocenters. The molecule has 0 spiro atoms. The average molecular weight is 257 g/mol. The molecule has 0 aliphatic rings. The highest BCUT2D eigenvalue weighted by molar-refractivity contribution is 6.08. The van der Waals surface area contributed by atoms with Crippen LogP contribution in [0.1, 0.15) is 15.9 Å². The van der Waals surface area contributed by atoms with Gasteiger partial charge in [0, 0.05) is 12.7 Å². The summed E-state index contributed by atoms with van der Waals surface area (Å²) in [5, 5.41) is 19.1. The van der Waals surface area contributed by atoms with Crippen LogP contribution in [0, 0.1) is 6.92 Å². The van der Waals surface area contributed by atoms with E-state index >= 15 is 0 Å². The molecule has 0 heterocycles. The van der Waals surface area contributed by atoms with Crippen molar-refractivity contribution in [3.63, 3.8) is 0 Å². The molecular formula is C15H15NO3. The van der Waals surface area contributed by atoms with Gasteiger partial charge < -0.3 is 15.1 Å². The Balaban J connectivity index is 2.39. The van der Waals surface area contributed by atoms with Gasteiger partial charge >= 0.3 is 0 Å². The van der Waals surface area contributed by atoms with Crippen LogP contribution in [-0.4, -0.2) is 23.2 Å². The van der Waals surface area contributed by atoms with Crippen LogP contribution in [0.15, 0.2) is 42.5 Å². The normalized spacial score (nSPS) is 10.2. The first-order valence-electron chi connectivity index (χ1n) is 5.86. The largest absolute Gasteiger partial charge is 0.508 e. The number of anilines is 1. The second-order valence-corrected chi connectivity index (χ2v) is 4.35. The number of phenols is 2. The molecule has 0 saturated carbocycles. The molecule has 0 aromatic heterocycles. The summed E-state index contributed by atoms with van der Waals surface area (Å²) in [6.45, 7) is 1.90. The Bertz CT molecular complexity index is 623. The van der Waals surface area contributed by atoms with Crippen LogP contribution in [0.25, 0.3) is 0 Å². The van der Waals surface area contributed by atoms with E-state index in [4.69, 9.17) is 0 Å². The fraction of sp³-hybridized carbons (Fsp3) is 0.133. The molecule has 98 valence electrons. The van der Waals surface area contributed by atoms with E-state index < -0.39 is 0 Å². The summed E-state index contributed by atoms with van der Waals surface area (Å²) in [6.07, 6.45) is 0. The standard InChI is InChI=1S/C15H15NO3/c1-10-5-3-4-6-13(10)16(2)15(19)12-9-11(17)7-8-14(12)18/h3-9,17-18H,1-2H3. The van der Waals surface area contributed by atoms with Crippen LogP contribution in [0.2, 0.25) is 0 Å². The maximum absolute atomic E-state index is 12.3. The maximum atomic E-state index is 12.3. The van der Waals surface area contributed by atoms with Gasteiger partial charge in [0.25, 0.3) is 5.91 Å². The van der Waals surface area contributed by atoms with Gasteiger partial charge in [0.2, 0.25) is 0 Å². The molecule has 0 saturated heterocycles. The van der Waals surface area contributed by atoms with Crippen molar-refractivity contribution in [1.29, 1.82) is 0 Å². The number of para-hydroxylation sites is 1. The lowest BCUT2D eigenvalue weighted by Gasteiger charge is -2.20. The molecule has 4 nitrogen and oxygen atoms in total. The van der Waals surface area contributed by atoms with E-state index in [2.05, 4.69) is 0 Å². The third-order valence-electron chi connectivity index (χ3n) is 2.99. The minimum atomic E-state index is -0.372. The topological polar surface area (TPSA) is 60.8 Å². The molecule has 2 aromatic rings. The molecule has 1 amide bonds. The first-order valence-corrected chi connectivity index (χ1v) is 5.86. The van der Waals surface area contributed by atoms with Crippen molar-refractivity contribution >= 4 is 11.6 Å². The van der Waals surface area contributed by atoms with Crippen molar-refractivity contribution in [1.82, 2.24) is 0 Å². The Morgan fingerprint density at radius 3 is 2.47 bits per heavy atom. The molecular weight excluding hydrogens is 242 g/mol. The zero-order valence-corrected chi connectivity index (χ0v) is 10.8. The predicted molar refractivity (Wildman–Crippen MR) is 73.7 cm³/mol. The number of amides is 1. The van der Waals surface area contributed by atoms with Gasteiger partial charge in [-0.15, -0.1) is 0 Å². The van der Waals surface area contributed by atoms with Gasteiger partial charge in [-0.2, -0.15) is 0 Å². The van der Waals surface area contributed by atoms with Crippen LogP contribution in [0.5, 0.6) is 11.5 Å². The van der Waals surface area contributed by atoms with E-state index in [1.807, 2.05) is 31.2 Å². The Hall–Kier alpha value is -2.49. The summed E-state index contributed by atoms with van der Waals surface area (Å²) < 4.78 is 0. The number of benzene rings is 2. The van der Waals surface area contributed by atoms with Crippen molar-refractivity contribution in [3.8, 4) is 11.5 Å². The molecule has 19 heavy (non-hydrogen) atoms. The van der Waals surface area contributed by atoms with Crippen LogP contribution >= 0.6 is 0 Å². The molecule has 0 fully saturated rings. The lowest BCUT2D eigenvalue weighted by molar-refractivity contribution is 0.0990. The van der Waals surface area contributed by atoms with Crippen LogP contribution in [0.3, 0.4) is 0 Å². The molecule has 0 aliphatic carbocycles. The molecule has 0 aliphatic heterocycles. The van der Waals surface area contributed by atoms with Crippen LogP contribution < -0.4 is 4.90 Å². The fourth-order valence-electron chi connectivity index (χ4n) is 1.93. The molecule has 0 atom stereocenters. The van der Waals surface area contributed by atoms with E-state index in [1.165, 1.54) is 23.1 Å². The van der Waals surface area contributed by atoms with Crippen LogP contribution in [-0.2, 0) is 0 Å². The maximum Gasteiger partial charge on any atom is 0.261 e. The number of aryl methyl sites for hydroxylation is 1. The van der Waals surface area contributed by atoms with E-state index in [0.717, 1.165) is 11.3 Å². The molecule has 2 rings (SSSR count). The molecule has 2 aromatic carbocycles. The minimum Gasteiger partial charge on any atom is -0.508 e. The van der Waals surface area contributed by atoms with Crippen molar-refractivity contribution < 1.29 is 15.0 Å². The second kappa shape index (κ2) is 5.02. The number of hydrogen-bond acceptors (Lipinski definition) is 3. The zero-order chi connectivity index (χ0) is 14.0. The highest BCUT2D eigenvalue weighted by Gasteiger charge is 2.18. The van der Waals surface area contributed by atoms with E-state index in [9.17, 15) is 15.0 Å². The zero-order valence-electron chi connectivity index (χ0n) is 10.8. The number of carbonyl (C=O) groups is 1. The van der Waals surface area contributed by atoms with E-state index in [-0.39, 0.29) is 23.0 Å². The molecule has 2 N–H and O–H groups in total. The Morgan fingerprint density at radius 2 is 1.79 bits per heavy atom. The third kappa shape index (κ3) is 2.52. The van der Waals surface area contributed by atoms with Crippen molar-refractivity contribution in [2.24, 2.45) is 0 Å². The van der Waals surface area contributed by atoms with Crippen molar-refractivity contribution in [2.75, 3.05) is 11.9 Å². The average Bonchev–Trinajstić information content (AvgIpc) is 2.40. The van der Waals surface area contributed by atoms with Crippen LogP contribution in [0.4, 0.5) is 5.69 Å². The predicted octanol–water partition coefficient (Wildman–Crippen LogP) is 2.68. The number of phenolic OH excluding ortho intramolecular Hbond substituents is 2. The van der Waals surface area contributed by atoms with Gasteiger partial charge in [-0.25, -0.2) is 0 Å². The Morgan fingerprint density at radius 1 is 1.11 bits per heavy atom. The van der Waals surface area contributed by atoms with Gasteiger partial charge in [-0.1, -0.05) is 18.2 Å². The van der Waals surface area contributed by atoms with Crippen molar-refractivity contribution in [2.45, 2.75) is 6.92 Å². The molecule has 0 bridgehead atoms.